The molecule has 1 fully saturated rings. The summed E-state index contributed by atoms with van der Waals surface area (Å²) in [5.41, 5.74) is 6.12. The number of hydrogen-bond acceptors (Lipinski definition) is 5. The van der Waals surface area contributed by atoms with Gasteiger partial charge in [-0.25, -0.2) is 13.2 Å². The fourth-order valence-electron chi connectivity index (χ4n) is 2.72. The number of nitrogens with two attached hydrogens (primary N) is 1. The van der Waals surface area contributed by atoms with Crippen LogP contribution in [-0.4, -0.2) is 44.9 Å². The van der Waals surface area contributed by atoms with E-state index in [4.69, 9.17) is 17.3 Å². The topological polar surface area (TPSA) is 89.7 Å². The van der Waals surface area contributed by atoms with Crippen LogP contribution in [0.1, 0.15) is 30.1 Å². The highest BCUT2D eigenvalue weighted by molar-refractivity contribution is 7.89. The lowest BCUT2D eigenvalue weighted by molar-refractivity contribution is 0.0600. The number of hydrogen-bond donors (Lipinski definition) is 1. The second kappa shape index (κ2) is 8.49. The first-order valence-electron chi connectivity index (χ1n) is 7.41. The van der Waals surface area contributed by atoms with E-state index >= 15 is 0 Å². The molecule has 6 nitrogen and oxygen atoms in total. The molecule has 0 aliphatic carbocycles. The number of sulfonamides is 1. The second-order valence-electron chi connectivity index (χ2n) is 5.76. The lowest BCUT2D eigenvalue weighted by Crippen LogP contribution is -2.45. The van der Waals surface area contributed by atoms with Crippen LogP contribution in [0.4, 0.5) is 0 Å². The number of rotatable bonds is 4. The van der Waals surface area contributed by atoms with E-state index in [0.29, 0.717) is 13.1 Å². The van der Waals surface area contributed by atoms with Crippen LogP contribution in [-0.2, 0) is 14.8 Å². The molecule has 9 heteroatoms. The van der Waals surface area contributed by atoms with E-state index in [1.807, 2.05) is 6.92 Å². The molecule has 1 heterocycles. The molecule has 1 aliphatic heterocycles. The third-order valence-corrected chi connectivity index (χ3v) is 6.48. The van der Waals surface area contributed by atoms with Crippen molar-refractivity contribution in [3.63, 3.8) is 0 Å². The summed E-state index contributed by atoms with van der Waals surface area (Å²) in [6.45, 7) is 2.72. The fourth-order valence-corrected chi connectivity index (χ4v) is 4.77. The molecule has 2 rings (SSSR count). The summed E-state index contributed by atoms with van der Waals surface area (Å²) in [6.07, 6.45) is 1.68. The summed E-state index contributed by atoms with van der Waals surface area (Å²) in [6, 6.07) is 4.00. The van der Waals surface area contributed by atoms with Gasteiger partial charge in [0.25, 0.3) is 0 Å². The second-order valence-corrected chi connectivity index (χ2v) is 8.07. The Morgan fingerprint density at radius 1 is 1.46 bits per heavy atom. The van der Waals surface area contributed by atoms with Crippen molar-refractivity contribution in [3.8, 4) is 0 Å². The van der Waals surface area contributed by atoms with E-state index in [0.717, 1.165) is 12.8 Å². The van der Waals surface area contributed by atoms with Gasteiger partial charge in [0.1, 0.15) is 4.90 Å². The van der Waals surface area contributed by atoms with Crippen LogP contribution in [0, 0.1) is 5.92 Å². The number of halogens is 2. The zero-order valence-corrected chi connectivity index (χ0v) is 16.0. The van der Waals surface area contributed by atoms with Crippen molar-refractivity contribution < 1.29 is 17.9 Å². The van der Waals surface area contributed by atoms with E-state index in [-0.39, 0.29) is 39.8 Å². The minimum Gasteiger partial charge on any atom is -0.465 e. The van der Waals surface area contributed by atoms with E-state index in [9.17, 15) is 13.2 Å². The molecule has 0 aromatic heterocycles. The average Bonchev–Trinajstić information content (AvgIpc) is 2.53. The predicted molar refractivity (Wildman–Crippen MR) is 95.2 cm³/mol. The Hall–Kier alpha value is -0.860. The molecule has 136 valence electrons. The number of ether oxygens (including phenoxy) is 1. The zero-order valence-electron chi connectivity index (χ0n) is 13.6. The molecule has 2 N–H and O–H groups in total. The summed E-state index contributed by atoms with van der Waals surface area (Å²) in [5.74, 6) is -0.433. The smallest absolute Gasteiger partial charge is 0.337 e. The number of methoxy groups -OCH3 is 1. The first-order valence-corrected chi connectivity index (χ1v) is 9.22. The lowest BCUT2D eigenvalue weighted by Gasteiger charge is -2.33. The van der Waals surface area contributed by atoms with Crippen molar-refractivity contribution in [1.29, 1.82) is 0 Å². The van der Waals surface area contributed by atoms with Gasteiger partial charge >= 0.3 is 5.97 Å². The molecule has 2 unspecified atom stereocenters. The Bertz CT molecular complexity index is 695. The van der Waals surface area contributed by atoms with Crippen LogP contribution < -0.4 is 5.73 Å². The molecule has 1 aromatic rings. The van der Waals surface area contributed by atoms with Gasteiger partial charge in [-0.2, -0.15) is 4.31 Å². The molecule has 0 bridgehead atoms. The van der Waals surface area contributed by atoms with Gasteiger partial charge in [0, 0.05) is 19.1 Å². The Kier molecular flexibility index (Phi) is 7.49. The molecule has 0 amide bonds. The maximum Gasteiger partial charge on any atom is 0.337 e. The van der Waals surface area contributed by atoms with Crippen molar-refractivity contribution in [1.82, 2.24) is 4.31 Å². The number of esters is 1. The van der Waals surface area contributed by atoms with Crippen LogP contribution in [0.2, 0.25) is 5.02 Å². The maximum atomic E-state index is 12.8. The third kappa shape index (κ3) is 4.40. The predicted octanol–water partition coefficient (Wildman–Crippen LogP) is 2.30. The summed E-state index contributed by atoms with van der Waals surface area (Å²) < 4.78 is 31.6. The summed E-state index contributed by atoms with van der Waals surface area (Å²) >= 11 is 6.09. The van der Waals surface area contributed by atoms with Gasteiger partial charge < -0.3 is 10.5 Å². The van der Waals surface area contributed by atoms with Gasteiger partial charge in [-0.15, -0.1) is 12.4 Å². The summed E-state index contributed by atoms with van der Waals surface area (Å²) in [7, 11) is -2.46. The molecule has 1 saturated heterocycles. The number of carbonyl (C=O) groups excluding carboxylic acids is 1. The molecule has 0 saturated carbocycles. The van der Waals surface area contributed by atoms with E-state index in [1.54, 1.807) is 0 Å². The number of benzene rings is 1. The van der Waals surface area contributed by atoms with E-state index in [2.05, 4.69) is 4.74 Å². The van der Waals surface area contributed by atoms with Crippen LogP contribution in [0.3, 0.4) is 0 Å². The van der Waals surface area contributed by atoms with Crippen molar-refractivity contribution in [2.24, 2.45) is 11.7 Å². The highest BCUT2D eigenvalue weighted by atomic mass is 35.5. The molecular formula is C15H22Cl2N2O4S. The van der Waals surface area contributed by atoms with Crippen molar-refractivity contribution >= 4 is 40.0 Å². The molecule has 0 spiro atoms. The Balaban J connectivity index is 0.00000288. The summed E-state index contributed by atoms with van der Waals surface area (Å²) in [5, 5.41) is 0.0100. The van der Waals surface area contributed by atoms with Crippen LogP contribution >= 0.6 is 24.0 Å². The Labute approximate surface area is 153 Å². The number of piperidine rings is 1. The zero-order chi connectivity index (χ0) is 17.2. The largest absolute Gasteiger partial charge is 0.465 e. The Morgan fingerprint density at radius 3 is 2.67 bits per heavy atom. The quantitative estimate of drug-likeness (QED) is 0.788. The van der Waals surface area contributed by atoms with Crippen molar-refractivity contribution in [2.75, 3.05) is 20.2 Å². The monoisotopic (exact) mass is 396 g/mol. The Morgan fingerprint density at radius 2 is 2.12 bits per heavy atom. The number of carbonyl (C=O) groups is 1. The van der Waals surface area contributed by atoms with Crippen LogP contribution in [0.15, 0.2) is 23.1 Å². The SMILES string of the molecule is COC(=O)c1ccc(S(=O)(=O)N2CCCC(C(C)N)C2)c(Cl)c1.Cl. The van der Waals surface area contributed by atoms with E-state index in [1.165, 1.54) is 29.6 Å². The normalized spacial score (nSPS) is 20.1. The van der Waals surface area contributed by atoms with Gasteiger partial charge in [-0.1, -0.05) is 11.6 Å². The molecule has 1 aromatic carbocycles. The molecule has 0 radical (unpaired) electrons. The van der Waals surface area contributed by atoms with Gasteiger partial charge in [-0.3, -0.25) is 0 Å². The fraction of sp³-hybridized carbons (Fsp3) is 0.533. The molecule has 24 heavy (non-hydrogen) atoms. The van der Waals surface area contributed by atoms with Crippen molar-refractivity contribution in [3.05, 3.63) is 28.8 Å². The van der Waals surface area contributed by atoms with Crippen molar-refractivity contribution in [2.45, 2.75) is 30.7 Å². The van der Waals surface area contributed by atoms with Crippen LogP contribution in [0.5, 0.6) is 0 Å². The average molecular weight is 397 g/mol. The van der Waals surface area contributed by atoms with E-state index < -0.39 is 16.0 Å². The minimum absolute atomic E-state index is 0. The summed E-state index contributed by atoms with van der Waals surface area (Å²) in [4.78, 5) is 11.5. The van der Waals surface area contributed by atoms with Crippen LogP contribution in [0.25, 0.3) is 0 Å². The molecule has 2 atom stereocenters. The lowest BCUT2D eigenvalue weighted by atomic mass is 9.93. The molecule has 1 aliphatic rings. The molecular weight excluding hydrogens is 375 g/mol. The third-order valence-electron chi connectivity index (χ3n) is 4.13. The highest BCUT2D eigenvalue weighted by Gasteiger charge is 2.33. The number of nitrogens with zero attached hydrogens (tertiary/aromatic N) is 1. The van der Waals surface area contributed by atoms with Gasteiger partial charge in [0.15, 0.2) is 0 Å². The van der Waals surface area contributed by atoms with Gasteiger partial charge in [-0.05, 0) is 43.9 Å². The minimum atomic E-state index is -3.71. The van der Waals surface area contributed by atoms with Gasteiger partial charge in [0.05, 0.1) is 17.7 Å². The standard InChI is InChI=1S/C15H21ClN2O4S.ClH/c1-10(17)12-4-3-7-18(9-12)23(20,21)14-6-5-11(8-13(14)16)15(19)22-2;/h5-6,8,10,12H,3-4,7,9,17H2,1-2H3;1H. The first-order chi connectivity index (χ1) is 10.8. The highest BCUT2D eigenvalue weighted by Crippen LogP contribution is 2.29. The first kappa shape index (κ1) is 21.2. The van der Waals surface area contributed by atoms with Gasteiger partial charge in [0.2, 0.25) is 10.0 Å². The maximum absolute atomic E-state index is 12.8.